The minimum absolute atomic E-state index is 0.0546. The molecule has 1 N–H and O–H groups in total. The second-order valence-electron chi connectivity index (χ2n) is 3.27. The molecule has 0 saturated carbocycles. The van der Waals surface area contributed by atoms with Crippen molar-refractivity contribution in [2.75, 3.05) is 13.6 Å². The summed E-state index contributed by atoms with van der Waals surface area (Å²) in [6.07, 6.45) is -4.62. The lowest BCUT2D eigenvalue weighted by atomic mass is 10.5. The number of carboxylic acid groups (broad SMARTS) is 1. The Hall–Kier alpha value is -1.13. The normalized spacial score (nSPS) is 12.9. The fourth-order valence-electron chi connectivity index (χ4n) is 1.04. The fourth-order valence-corrected chi connectivity index (χ4v) is 3.54. The van der Waals surface area contributed by atoms with Crippen molar-refractivity contribution in [2.24, 2.45) is 0 Å². The zero-order chi connectivity index (χ0) is 14.1. The molecule has 18 heavy (non-hydrogen) atoms. The Balaban J connectivity index is 3.07. The summed E-state index contributed by atoms with van der Waals surface area (Å²) in [6, 6.07) is 1.45. The number of halogens is 3. The van der Waals surface area contributed by atoms with Crippen molar-refractivity contribution in [1.29, 1.82) is 0 Å². The molecule has 0 saturated heterocycles. The van der Waals surface area contributed by atoms with E-state index in [2.05, 4.69) is 0 Å². The van der Waals surface area contributed by atoms with Crippen molar-refractivity contribution in [3.05, 3.63) is 17.0 Å². The molecule has 0 unspecified atom stereocenters. The van der Waals surface area contributed by atoms with Gasteiger partial charge < -0.3 is 5.11 Å². The van der Waals surface area contributed by atoms with Crippen LogP contribution in [-0.2, 0) is 21.0 Å². The molecule has 1 aromatic rings. The van der Waals surface area contributed by atoms with Crippen molar-refractivity contribution < 1.29 is 31.5 Å². The van der Waals surface area contributed by atoms with Gasteiger partial charge in [0.15, 0.2) is 0 Å². The quantitative estimate of drug-likeness (QED) is 0.914. The van der Waals surface area contributed by atoms with E-state index in [0.29, 0.717) is 10.4 Å². The van der Waals surface area contributed by atoms with Crippen LogP contribution in [0.15, 0.2) is 16.3 Å². The molecule has 0 aliphatic rings. The average Bonchev–Trinajstić information content (AvgIpc) is 2.64. The number of aliphatic carboxylic acids is 1. The van der Waals surface area contributed by atoms with Gasteiger partial charge in [-0.1, -0.05) is 0 Å². The maximum atomic E-state index is 12.3. The Kier molecular flexibility index (Phi) is 4.03. The molecule has 0 spiro atoms. The number of rotatable bonds is 4. The lowest BCUT2D eigenvalue weighted by Crippen LogP contribution is -2.31. The van der Waals surface area contributed by atoms with Gasteiger partial charge in [-0.3, -0.25) is 4.79 Å². The van der Waals surface area contributed by atoms with Crippen LogP contribution in [-0.4, -0.2) is 37.4 Å². The zero-order valence-electron chi connectivity index (χ0n) is 8.93. The van der Waals surface area contributed by atoms with Gasteiger partial charge in [-0.2, -0.15) is 17.5 Å². The molecular weight excluding hydrogens is 295 g/mol. The molecule has 0 radical (unpaired) electrons. The van der Waals surface area contributed by atoms with Gasteiger partial charge in [-0.05, 0) is 12.1 Å². The standard InChI is InChI=1S/C8H8F3NO4S2/c1-12(4-6(13)14)18(15,16)7-3-2-5(17-7)8(9,10)11/h2-3H,4H2,1H3,(H,13,14). The van der Waals surface area contributed by atoms with Gasteiger partial charge in [0.2, 0.25) is 0 Å². The predicted molar refractivity (Wildman–Crippen MR) is 56.8 cm³/mol. The summed E-state index contributed by atoms with van der Waals surface area (Å²) < 4.78 is 60.3. The summed E-state index contributed by atoms with van der Waals surface area (Å²) in [5.74, 6) is -1.39. The minimum Gasteiger partial charge on any atom is -0.480 e. The van der Waals surface area contributed by atoms with Crippen LogP contribution in [0, 0.1) is 0 Å². The number of hydrogen-bond donors (Lipinski definition) is 1. The van der Waals surface area contributed by atoms with E-state index < -0.39 is 37.8 Å². The summed E-state index contributed by atoms with van der Waals surface area (Å²) in [4.78, 5) is 9.32. The fraction of sp³-hybridized carbons (Fsp3) is 0.375. The van der Waals surface area contributed by atoms with E-state index in [-0.39, 0.29) is 11.3 Å². The van der Waals surface area contributed by atoms with E-state index >= 15 is 0 Å². The zero-order valence-corrected chi connectivity index (χ0v) is 10.6. The van der Waals surface area contributed by atoms with Gasteiger partial charge in [0.05, 0.1) is 0 Å². The van der Waals surface area contributed by atoms with Crippen LogP contribution in [0.4, 0.5) is 13.2 Å². The molecule has 1 aromatic heterocycles. The van der Waals surface area contributed by atoms with Crippen LogP contribution in [0.1, 0.15) is 4.88 Å². The summed E-state index contributed by atoms with van der Waals surface area (Å²) in [7, 11) is -3.22. The number of sulfonamides is 1. The van der Waals surface area contributed by atoms with Gasteiger partial charge in [-0.15, -0.1) is 11.3 Å². The smallest absolute Gasteiger partial charge is 0.425 e. The monoisotopic (exact) mass is 303 g/mol. The van der Waals surface area contributed by atoms with Crippen molar-refractivity contribution in [1.82, 2.24) is 4.31 Å². The van der Waals surface area contributed by atoms with Crippen molar-refractivity contribution in [3.63, 3.8) is 0 Å². The summed E-state index contributed by atoms with van der Waals surface area (Å²) in [5, 5.41) is 8.45. The van der Waals surface area contributed by atoms with E-state index in [4.69, 9.17) is 5.11 Å². The number of alkyl halides is 3. The first kappa shape index (κ1) is 14.9. The first-order valence-electron chi connectivity index (χ1n) is 4.40. The molecule has 0 aliphatic carbocycles. The Labute approximate surface area is 105 Å². The minimum atomic E-state index is -4.62. The number of nitrogens with zero attached hydrogens (tertiary/aromatic N) is 1. The molecule has 102 valence electrons. The number of carboxylic acids is 1. The van der Waals surface area contributed by atoms with E-state index in [0.717, 1.165) is 13.1 Å². The van der Waals surface area contributed by atoms with Crippen LogP contribution in [0.25, 0.3) is 0 Å². The van der Waals surface area contributed by atoms with Gasteiger partial charge in [0.25, 0.3) is 10.0 Å². The highest BCUT2D eigenvalue weighted by Gasteiger charge is 2.35. The maximum absolute atomic E-state index is 12.3. The topological polar surface area (TPSA) is 74.7 Å². The maximum Gasteiger partial charge on any atom is 0.425 e. The highest BCUT2D eigenvalue weighted by Crippen LogP contribution is 2.36. The first-order valence-corrected chi connectivity index (χ1v) is 6.66. The van der Waals surface area contributed by atoms with Crippen molar-refractivity contribution in [3.8, 4) is 0 Å². The molecule has 0 fully saturated rings. The summed E-state index contributed by atoms with van der Waals surface area (Å²) in [6.45, 7) is -0.818. The molecule has 1 heterocycles. The highest BCUT2D eigenvalue weighted by atomic mass is 32.2. The second kappa shape index (κ2) is 4.86. The predicted octanol–water partition coefficient (Wildman–Crippen LogP) is 1.47. The molecule has 0 bridgehead atoms. The lowest BCUT2D eigenvalue weighted by Gasteiger charge is -2.12. The van der Waals surface area contributed by atoms with E-state index in [1.807, 2.05) is 0 Å². The molecule has 10 heteroatoms. The largest absolute Gasteiger partial charge is 0.480 e. The SMILES string of the molecule is CN(CC(=O)O)S(=O)(=O)c1ccc(C(F)(F)F)s1. The van der Waals surface area contributed by atoms with E-state index in [9.17, 15) is 26.4 Å². The highest BCUT2D eigenvalue weighted by molar-refractivity contribution is 7.91. The van der Waals surface area contributed by atoms with Crippen LogP contribution in [0.2, 0.25) is 0 Å². The van der Waals surface area contributed by atoms with E-state index in [1.165, 1.54) is 0 Å². The van der Waals surface area contributed by atoms with Gasteiger partial charge in [-0.25, -0.2) is 8.42 Å². The Morgan fingerprint density at radius 3 is 2.39 bits per heavy atom. The number of thiophene rings is 1. The first-order chi connectivity index (χ1) is 8.05. The molecule has 5 nitrogen and oxygen atoms in total. The van der Waals surface area contributed by atoms with Crippen LogP contribution in [0.3, 0.4) is 0 Å². The van der Waals surface area contributed by atoms with Crippen LogP contribution < -0.4 is 0 Å². The van der Waals surface area contributed by atoms with Gasteiger partial charge in [0, 0.05) is 7.05 Å². The number of carbonyl (C=O) groups is 1. The van der Waals surface area contributed by atoms with E-state index in [1.54, 1.807) is 0 Å². The summed E-state index contributed by atoms with van der Waals surface area (Å²) >= 11 is 0.0546. The molecule has 1 rings (SSSR count). The average molecular weight is 303 g/mol. The molecular formula is C8H8F3NO4S2. The third-order valence-corrected chi connectivity index (χ3v) is 5.28. The van der Waals surface area contributed by atoms with Gasteiger partial charge >= 0.3 is 12.1 Å². The summed E-state index contributed by atoms with van der Waals surface area (Å²) in [5.41, 5.74) is 0. The van der Waals surface area contributed by atoms with Crippen molar-refractivity contribution in [2.45, 2.75) is 10.4 Å². The van der Waals surface area contributed by atoms with Crippen LogP contribution >= 0.6 is 11.3 Å². The van der Waals surface area contributed by atoms with Gasteiger partial charge in [0.1, 0.15) is 15.6 Å². The second-order valence-corrected chi connectivity index (χ2v) is 6.63. The Bertz CT molecular complexity index is 549. The van der Waals surface area contributed by atoms with Crippen LogP contribution in [0.5, 0.6) is 0 Å². The number of likely N-dealkylation sites (N-methyl/N-ethyl adjacent to an activating group) is 1. The molecule has 0 atom stereocenters. The Morgan fingerprint density at radius 1 is 1.44 bits per heavy atom. The third-order valence-electron chi connectivity index (χ3n) is 1.88. The number of hydrogen-bond acceptors (Lipinski definition) is 4. The Morgan fingerprint density at radius 2 is 2.00 bits per heavy atom. The molecule has 0 amide bonds. The molecule has 0 aromatic carbocycles. The van der Waals surface area contributed by atoms with Crippen molar-refractivity contribution >= 4 is 27.3 Å². The molecule has 0 aliphatic heterocycles. The lowest BCUT2D eigenvalue weighted by molar-refractivity contribution is -0.137. The third kappa shape index (κ3) is 3.21.